The third-order valence-electron chi connectivity index (χ3n) is 1.64. The van der Waals surface area contributed by atoms with Gasteiger partial charge in [0.15, 0.2) is 0 Å². The van der Waals surface area contributed by atoms with Gasteiger partial charge in [-0.3, -0.25) is 0 Å². The molecule has 0 radical (unpaired) electrons. The molecule has 1 aliphatic carbocycles. The maximum Gasteiger partial charge on any atom is 0.130 e. The van der Waals surface area contributed by atoms with E-state index in [4.69, 9.17) is 5.11 Å². The van der Waals surface area contributed by atoms with Gasteiger partial charge in [-0.25, -0.2) is 4.39 Å². The number of allylic oxidation sites excluding steroid dienone is 1. The highest BCUT2D eigenvalue weighted by Crippen LogP contribution is 2.20. The minimum Gasteiger partial charge on any atom is -0.390 e. The molecule has 2 unspecified atom stereocenters. The highest BCUT2D eigenvalue weighted by molar-refractivity contribution is 5.06. The Morgan fingerprint density at radius 2 is 2.44 bits per heavy atom. The van der Waals surface area contributed by atoms with Crippen LogP contribution in [-0.4, -0.2) is 17.4 Å². The summed E-state index contributed by atoms with van der Waals surface area (Å²) in [7, 11) is 0. The van der Waals surface area contributed by atoms with Crippen molar-refractivity contribution in [3.63, 3.8) is 0 Å². The molecule has 0 aliphatic heterocycles. The Labute approximate surface area is 54.2 Å². The zero-order valence-electron chi connectivity index (χ0n) is 5.47. The number of rotatable bonds is 0. The van der Waals surface area contributed by atoms with Crippen LogP contribution in [0.5, 0.6) is 0 Å². The minimum atomic E-state index is -1.03. The Morgan fingerprint density at radius 3 is 2.89 bits per heavy atom. The molecule has 0 saturated carbocycles. The monoisotopic (exact) mass is 130 g/mol. The average Bonchev–Trinajstić information content (AvgIpc) is 1.80. The number of aliphatic hydroxyl groups excluding tert-OH is 1. The zero-order valence-corrected chi connectivity index (χ0v) is 5.47. The maximum absolute atomic E-state index is 12.5. The van der Waals surface area contributed by atoms with Gasteiger partial charge in [0.2, 0.25) is 0 Å². The van der Waals surface area contributed by atoms with Crippen LogP contribution >= 0.6 is 0 Å². The van der Waals surface area contributed by atoms with Gasteiger partial charge in [-0.1, -0.05) is 11.6 Å². The van der Waals surface area contributed by atoms with Crippen molar-refractivity contribution in [2.24, 2.45) is 0 Å². The van der Waals surface area contributed by atoms with Crippen molar-refractivity contribution < 1.29 is 9.50 Å². The van der Waals surface area contributed by atoms with E-state index in [1.807, 2.05) is 13.0 Å². The first-order chi connectivity index (χ1) is 4.20. The van der Waals surface area contributed by atoms with E-state index in [2.05, 4.69) is 0 Å². The van der Waals surface area contributed by atoms with Crippen LogP contribution in [0.2, 0.25) is 0 Å². The lowest BCUT2D eigenvalue weighted by atomic mass is 9.97. The fourth-order valence-corrected chi connectivity index (χ4v) is 0.997. The summed E-state index contributed by atoms with van der Waals surface area (Å²) in [5.74, 6) is 0. The summed E-state index contributed by atoms with van der Waals surface area (Å²) in [6, 6.07) is 0. The van der Waals surface area contributed by atoms with E-state index in [0.717, 1.165) is 5.57 Å². The lowest BCUT2D eigenvalue weighted by molar-refractivity contribution is 0.0742. The largest absolute Gasteiger partial charge is 0.390 e. The summed E-state index contributed by atoms with van der Waals surface area (Å²) < 4.78 is 12.5. The predicted octanol–water partition coefficient (Wildman–Crippen LogP) is 1.43. The van der Waals surface area contributed by atoms with E-state index in [0.29, 0.717) is 12.8 Å². The smallest absolute Gasteiger partial charge is 0.130 e. The SMILES string of the molecule is CC1=CCC(O)C(F)C1. The Balaban J connectivity index is 2.54. The second-order valence-electron chi connectivity index (χ2n) is 2.57. The molecule has 1 aliphatic rings. The van der Waals surface area contributed by atoms with Crippen LogP contribution in [0.4, 0.5) is 4.39 Å². The minimum absolute atomic E-state index is 0.404. The fraction of sp³-hybridized carbons (Fsp3) is 0.714. The topological polar surface area (TPSA) is 20.2 Å². The van der Waals surface area contributed by atoms with Gasteiger partial charge in [0.05, 0.1) is 6.10 Å². The van der Waals surface area contributed by atoms with Gasteiger partial charge < -0.3 is 5.11 Å². The maximum atomic E-state index is 12.5. The molecule has 0 spiro atoms. The van der Waals surface area contributed by atoms with E-state index in [9.17, 15) is 4.39 Å². The summed E-state index contributed by atoms with van der Waals surface area (Å²) >= 11 is 0. The lowest BCUT2D eigenvalue weighted by Crippen LogP contribution is -2.24. The third kappa shape index (κ3) is 1.52. The van der Waals surface area contributed by atoms with Gasteiger partial charge in [0.1, 0.15) is 6.17 Å². The van der Waals surface area contributed by atoms with E-state index in [-0.39, 0.29) is 0 Å². The number of hydrogen-bond donors (Lipinski definition) is 1. The van der Waals surface area contributed by atoms with Crippen LogP contribution in [0.1, 0.15) is 19.8 Å². The first-order valence-electron chi connectivity index (χ1n) is 3.18. The number of halogens is 1. The highest BCUT2D eigenvalue weighted by Gasteiger charge is 2.20. The molecule has 2 atom stereocenters. The van der Waals surface area contributed by atoms with E-state index in [1.54, 1.807) is 0 Å². The van der Waals surface area contributed by atoms with Gasteiger partial charge >= 0.3 is 0 Å². The summed E-state index contributed by atoms with van der Waals surface area (Å²) in [6.07, 6.45) is 0.984. The molecule has 0 aromatic rings. The molecule has 1 nitrogen and oxygen atoms in total. The Kier molecular flexibility index (Phi) is 1.86. The Bertz CT molecular complexity index is 131. The average molecular weight is 130 g/mol. The molecule has 9 heavy (non-hydrogen) atoms. The number of alkyl halides is 1. The summed E-state index contributed by atoms with van der Waals surface area (Å²) in [6.45, 7) is 1.89. The van der Waals surface area contributed by atoms with Crippen molar-refractivity contribution in [2.75, 3.05) is 0 Å². The Morgan fingerprint density at radius 1 is 1.78 bits per heavy atom. The first-order valence-corrected chi connectivity index (χ1v) is 3.18. The van der Waals surface area contributed by atoms with E-state index < -0.39 is 12.3 Å². The Hall–Kier alpha value is -0.370. The van der Waals surface area contributed by atoms with Gasteiger partial charge in [-0.05, 0) is 13.3 Å². The molecule has 0 amide bonds. The molecule has 0 heterocycles. The highest BCUT2D eigenvalue weighted by atomic mass is 19.1. The molecule has 0 aromatic heterocycles. The predicted molar refractivity (Wildman–Crippen MR) is 33.9 cm³/mol. The van der Waals surface area contributed by atoms with Gasteiger partial charge in [-0.2, -0.15) is 0 Å². The second-order valence-corrected chi connectivity index (χ2v) is 2.57. The molecular weight excluding hydrogens is 119 g/mol. The molecule has 52 valence electrons. The van der Waals surface area contributed by atoms with Crippen LogP contribution in [0.15, 0.2) is 11.6 Å². The van der Waals surface area contributed by atoms with Gasteiger partial charge in [0.25, 0.3) is 0 Å². The molecule has 1 N–H and O–H groups in total. The van der Waals surface area contributed by atoms with Gasteiger partial charge in [0, 0.05) is 6.42 Å². The summed E-state index contributed by atoms with van der Waals surface area (Å²) in [5, 5.41) is 8.88. The zero-order chi connectivity index (χ0) is 6.85. The molecule has 2 heteroatoms. The number of hydrogen-bond acceptors (Lipinski definition) is 1. The van der Waals surface area contributed by atoms with Crippen LogP contribution in [-0.2, 0) is 0 Å². The molecule has 0 saturated heterocycles. The van der Waals surface area contributed by atoms with Crippen molar-refractivity contribution in [3.8, 4) is 0 Å². The molecule has 0 fully saturated rings. The van der Waals surface area contributed by atoms with Crippen molar-refractivity contribution in [3.05, 3.63) is 11.6 Å². The molecular formula is C7H11FO. The summed E-state index contributed by atoms with van der Waals surface area (Å²) in [5.41, 5.74) is 1.05. The fourth-order valence-electron chi connectivity index (χ4n) is 0.997. The third-order valence-corrected chi connectivity index (χ3v) is 1.64. The normalized spacial score (nSPS) is 36.1. The molecule has 0 aromatic carbocycles. The van der Waals surface area contributed by atoms with Crippen LogP contribution in [0.3, 0.4) is 0 Å². The molecule has 1 rings (SSSR count). The van der Waals surface area contributed by atoms with Crippen molar-refractivity contribution in [2.45, 2.75) is 32.0 Å². The van der Waals surface area contributed by atoms with Crippen LogP contribution < -0.4 is 0 Å². The quantitative estimate of drug-likeness (QED) is 0.492. The van der Waals surface area contributed by atoms with Crippen molar-refractivity contribution in [1.82, 2.24) is 0 Å². The standard InChI is InChI=1S/C7H11FO/c1-5-2-3-7(9)6(8)4-5/h2,6-7,9H,3-4H2,1H3. The van der Waals surface area contributed by atoms with E-state index in [1.165, 1.54) is 0 Å². The van der Waals surface area contributed by atoms with Crippen molar-refractivity contribution >= 4 is 0 Å². The van der Waals surface area contributed by atoms with Crippen molar-refractivity contribution in [1.29, 1.82) is 0 Å². The number of aliphatic hydroxyl groups is 1. The lowest BCUT2D eigenvalue weighted by Gasteiger charge is -2.19. The van der Waals surface area contributed by atoms with Crippen LogP contribution in [0, 0.1) is 0 Å². The van der Waals surface area contributed by atoms with Gasteiger partial charge in [-0.15, -0.1) is 0 Å². The van der Waals surface area contributed by atoms with E-state index >= 15 is 0 Å². The molecule has 0 bridgehead atoms. The second kappa shape index (κ2) is 2.48. The van der Waals surface area contributed by atoms with Crippen LogP contribution in [0.25, 0.3) is 0 Å². The summed E-state index contributed by atoms with van der Waals surface area (Å²) in [4.78, 5) is 0. The first kappa shape index (κ1) is 6.75.